The fraction of sp³-hybridized carbons (Fsp3) is 0.400. The smallest absolute Gasteiger partial charge is 0.0943 e. The van der Waals surface area contributed by atoms with E-state index in [-0.39, 0.29) is 0 Å². The molecule has 0 aliphatic carbocycles. The third-order valence-corrected chi connectivity index (χ3v) is 4.36. The van der Waals surface area contributed by atoms with Crippen LogP contribution in [-0.2, 0) is 12.8 Å². The van der Waals surface area contributed by atoms with Gasteiger partial charge in [-0.3, -0.25) is 0 Å². The number of hydrogen-bond acceptors (Lipinski definition) is 3. The molecule has 0 bridgehead atoms. The number of nitrogens with zero attached hydrogens (tertiary/aromatic N) is 1. The fourth-order valence-electron chi connectivity index (χ4n) is 2.10. The Hall–Kier alpha value is -1.19. The SMILES string of the molecule is Cc1ccc(Cc2sc(CCN)nc2C)c(C)c1. The lowest BCUT2D eigenvalue weighted by Gasteiger charge is -2.05. The molecule has 3 heteroatoms. The minimum atomic E-state index is 0.677. The van der Waals surface area contributed by atoms with E-state index in [4.69, 9.17) is 5.73 Å². The van der Waals surface area contributed by atoms with Gasteiger partial charge >= 0.3 is 0 Å². The van der Waals surface area contributed by atoms with Gasteiger partial charge in [0.25, 0.3) is 0 Å². The van der Waals surface area contributed by atoms with Crippen LogP contribution >= 0.6 is 11.3 Å². The molecule has 18 heavy (non-hydrogen) atoms. The Kier molecular flexibility index (Phi) is 4.15. The zero-order valence-electron chi connectivity index (χ0n) is 11.3. The molecular weight excluding hydrogens is 240 g/mol. The van der Waals surface area contributed by atoms with Crippen LogP contribution in [0.4, 0.5) is 0 Å². The summed E-state index contributed by atoms with van der Waals surface area (Å²) in [6.45, 7) is 7.08. The number of hydrogen-bond donors (Lipinski definition) is 1. The second kappa shape index (κ2) is 5.63. The van der Waals surface area contributed by atoms with Gasteiger partial charge in [0.15, 0.2) is 0 Å². The topological polar surface area (TPSA) is 38.9 Å². The van der Waals surface area contributed by atoms with Crippen molar-refractivity contribution in [2.45, 2.75) is 33.6 Å². The average molecular weight is 260 g/mol. The molecule has 0 fully saturated rings. The minimum Gasteiger partial charge on any atom is -0.330 e. The summed E-state index contributed by atoms with van der Waals surface area (Å²) in [7, 11) is 0. The van der Waals surface area contributed by atoms with Crippen molar-refractivity contribution >= 4 is 11.3 Å². The molecule has 0 saturated heterocycles. The largest absolute Gasteiger partial charge is 0.330 e. The van der Waals surface area contributed by atoms with Crippen molar-refractivity contribution in [1.29, 1.82) is 0 Å². The van der Waals surface area contributed by atoms with Gasteiger partial charge in [0, 0.05) is 17.7 Å². The highest BCUT2D eigenvalue weighted by Gasteiger charge is 2.09. The van der Waals surface area contributed by atoms with E-state index in [0.717, 1.165) is 23.5 Å². The Morgan fingerprint density at radius 1 is 1.22 bits per heavy atom. The lowest BCUT2D eigenvalue weighted by atomic mass is 10.0. The molecular formula is C15H20N2S. The lowest BCUT2D eigenvalue weighted by Crippen LogP contribution is -2.01. The van der Waals surface area contributed by atoms with Crippen LogP contribution < -0.4 is 5.73 Å². The van der Waals surface area contributed by atoms with Gasteiger partial charge in [-0.15, -0.1) is 11.3 Å². The summed E-state index contributed by atoms with van der Waals surface area (Å²) in [5.41, 5.74) is 10.8. The summed E-state index contributed by atoms with van der Waals surface area (Å²) in [6, 6.07) is 6.65. The van der Waals surface area contributed by atoms with E-state index in [1.165, 1.54) is 21.6 Å². The predicted octanol–water partition coefficient (Wildman–Crippen LogP) is 3.16. The van der Waals surface area contributed by atoms with Gasteiger partial charge in [-0.1, -0.05) is 23.8 Å². The molecule has 2 nitrogen and oxygen atoms in total. The Bertz CT molecular complexity index is 543. The van der Waals surface area contributed by atoms with Crippen molar-refractivity contribution in [3.63, 3.8) is 0 Å². The maximum absolute atomic E-state index is 5.58. The highest BCUT2D eigenvalue weighted by atomic mass is 32.1. The van der Waals surface area contributed by atoms with Crippen molar-refractivity contribution < 1.29 is 0 Å². The van der Waals surface area contributed by atoms with Crippen LogP contribution in [0, 0.1) is 20.8 Å². The van der Waals surface area contributed by atoms with Crippen molar-refractivity contribution in [3.05, 3.63) is 50.5 Å². The number of nitrogens with two attached hydrogens (primary N) is 1. The molecule has 2 aromatic rings. The minimum absolute atomic E-state index is 0.677. The van der Waals surface area contributed by atoms with Gasteiger partial charge in [0.2, 0.25) is 0 Å². The van der Waals surface area contributed by atoms with E-state index in [2.05, 4.69) is 44.0 Å². The summed E-state index contributed by atoms with van der Waals surface area (Å²) in [5, 5.41) is 1.16. The van der Waals surface area contributed by atoms with Crippen LogP contribution in [0.1, 0.15) is 32.3 Å². The third kappa shape index (κ3) is 2.98. The van der Waals surface area contributed by atoms with E-state index in [9.17, 15) is 0 Å². The Morgan fingerprint density at radius 3 is 2.67 bits per heavy atom. The number of aromatic nitrogens is 1. The second-order valence-corrected chi connectivity index (χ2v) is 5.93. The predicted molar refractivity (Wildman–Crippen MR) is 78.3 cm³/mol. The van der Waals surface area contributed by atoms with Crippen molar-refractivity contribution in [3.8, 4) is 0 Å². The average Bonchev–Trinajstić information content (AvgIpc) is 2.64. The summed E-state index contributed by atoms with van der Waals surface area (Å²) in [4.78, 5) is 5.95. The van der Waals surface area contributed by atoms with E-state index >= 15 is 0 Å². The van der Waals surface area contributed by atoms with Crippen LogP contribution in [0.15, 0.2) is 18.2 Å². The molecule has 1 heterocycles. The first kappa shape index (κ1) is 13.2. The van der Waals surface area contributed by atoms with Crippen LogP contribution in [0.3, 0.4) is 0 Å². The molecule has 0 radical (unpaired) electrons. The number of rotatable bonds is 4. The van der Waals surface area contributed by atoms with Gasteiger partial charge in [-0.25, -0.2) is 4.98 Å². The molecule has 0 atom stereocenters. The zero-order valence-corrected chi connectivity index (χ0v) is 12.1. The molecule has 2 rings (SSSR count). The summed E-state index contributed by atoms with van der Waals surface area (Å²) < 4.78 is 0. The molecule has 0 aliphatic heterocycles. The van der Waals surface area contributed by atoms with E-state index in [1.807, 2.05) is 0 Å². The Balaban J connectivity index is 2.22. The van der Waals surface area contributed by atoms with E-state index in [1.54, 1.807) is 11.3 Å². The highest BCUT2D eigenvalue weighted by molar-refractivity contribution is 7.11. The molecule has 0 unspecified atom stereocenters. The van der Waals surface area contributed by atoms with Crippen molar-refractivity contribution in [2.75, 3.05) is 6.54 Å². The second-order valence-electron chi connectivity index (χ2n) is 4.76. The van der Waals surface area contributed by atoms with Crippen LogP contribution in [0.5, 0.6) is 0 Å². The third-order valence-electron chi connectivity index (χ3n) is 3.14. The van der Waals surface area contributed by atoms with Gasteiger partial charge in [0.1, 0.15) is 0 Å². The maximum Gasteiger partial charge on any atom is 0.0943 e. The fourth-order valence-corrected chi connectivity index (χ4v) is 3.21. The van der Waals surface area contributed by atoms with Crippen LogP contribution in [0.2, 0.25) is 0 Å². The molecule has 96 valence electrons. The lowest BCUT2D eigenvalue weighted by molar-refractivity contribution is 0.943. The molecule has 0 aliphatic rings. The highest BCUT2D eigenvalue weighted by Crippen LogP contribution is 2.23. The van der Waals surface area contributed by atoms with Gasteiger partial charge < -0.3 is 5.73 Å². The number of thiazole rings is 1. The molecule has 0 amide bonds. The first-order valence-corrected chi connectivity index (χ1v) is 7.13. The van der Waals surface area contributed by atoms with Crippen LogP contribution in [-0.4, -0.2) is 11.5 Å². The van der Waals surface area contributed by atoms with E-state index < -0.39 is 0 Å². The first-order chi connectivity index (χ1) is 8.60. The van der Waals surface area contributed by atoms with Crippen molar-refractivity contribution in [1.82, 2.24) is 4.98 Å². The maximum atomic E-state index is 5.58. The number of benzene rings is 1. The summed E-state index contributed by atoms with van der Waals surface area (Å²) in [5.74, 6) is 0. The summed E-state index contributed by atoms with van der Waals surface area (Å²) in [6.07, 6.45) is 1.87. The molecule has 1 aromatic carbocycles. The monoisotopic (exact) mass is 260 g/mol. The van der Waals surface area contributed by atoms with Gasteiger partial charge in [0.05, 0.1) is 10.7 Å². The standard InChI is InChI=1S/C15H20N2S/c1-10-4-5-13(11(2)8-10)9-14-12(3)17-15(18-14)6-7-16/h4-5,8H,6-7,9,16H2,1-3H3. The molecule has 2 N–H and O–H groups in total. The molecule has 0 saturated carbocycles. The van der Waals surface area contributed by atoms with Gasteiger partial charge in [-0.2, -0.15) is 0 Å². The van der Waals surface area contributed by atoms with Gasteiger partial charge in [-0.05, 0) is 38.4 Å². The zero-order chi connectivity index (χ0) is 13.1. The molecule has 0 spiro atoms. The normalized spacial score (nSPS) is 10.9. The van der Waals surface area contributed by atoms with Crippen LogP contribution in [0.25, 0.3) is 0 Å². The Morgan fingerprint density at radius 2 is 2.00 bits per heavy atom. The van der Waals surface area contributed by atoms with Crippen molar-refractivity contribution in [2.24, 2.45) is 5.73 Å². The van der Waals surface area contributed by atoms with E-state index in [0.29, 0.717) is 6.54 Å². The quantitative estimate of drug-likeness (QED) is 0.917. The summed E-state index contributed by atoms with van der Waals surface area (Å²) >= 11 is 1.80. The Labute approximate surface area is 113 Å². The number of aryl methyl sites for hydroxylation is 3. The molecule has 1 aromatic heterocycles. The first-order valence-electron chi connectivity index (χ1n) is 6.31.